The molecule has 0 saturated carbocycles. The van der Waals surface area contributed by atoms with Crippen molar-refractivity contribution in [2.75, 3.05) is 11.1 Å². The number of amides is 1. The molecule has 3 aromatic carbocycles. The predicted octanol–water partition coefficient (Wildman–Crippen LogP) is 4.93. The van der Waals surface area contributed by atoms with Gasteiger partial charge in [-0.25, -0.2) is 0 Å². The third-order valence-corrected chi connectivity index (χ3v) is 5.25. The van der Waals surface area contributed by atoms with E-state index in [1.165, 1.54) is 0 Å². The van der Waals surface area contributed by atoms with Crippen LogP contribution in [0.2, 0.25) is 0 Å². The smallest absolute Gasteiger partial charge is 0.237 e. The van der Waals surface area contributed by atoms with Gasteiger partial charge in [0, 0.05) is 21.7 Å². The Labute approximate surface area is 146 Å². The van der Waals surface area contributed by atoms with Crippen LogP contribution in [0.3, 0.4) is 0 Å². The standard InChI is InChI=1S/C20H20N2OS/c1-2-19(24-16-12-10-15(21)11-13-16)20(23)22-18-9-5-7-14-6-3-4-8-17(14)18/h3-13,19H,2,21H2,1H3,(H,22,23). The number of rotatable bonds is 5. The van der Waals surface area contributed by atoms with Crippen LogP contribution in [0.25, 0.3) is 10.8 Å². The summed E-state index contributed by atoms with van der Waals surface area (Å²) in [5, 5.41) is 5.11. The highest BCUT2D eigenvalue weighted by Gasteiger charge is 2.18. The van der Waals surface area contributed by atoms with E-state index in [4.69, 9.17) is 5.73 Å². The summed E-state index contributed by atoms with van der Waals surface area (Å²) in [7, 11) is 0. The minimum Gasteiger partial charge on any atom is -0.399 e. The number of thioether (sulfide) groups is 1. The average molecular weight is 336 g/mol. The first kappa shape index (κ1) is 16.4. The number of anilines is 2. The highest BCUT2D eigenvalue weighted by Crippen LogP contribution is 2.29. The zero-order chi connectivity index (χ0) is 16.9. The number of benzene rings is 3. The molecule has 0 aliphatic heterocycles. The molecule has 3 rings (SSSR count). The summed E-state index contributed by atoms with van der Waals surface area (Å²) in [6, 6.07) is 21.6. The van der Waals surface area contributed by atoms with E-state index in [9.17, 15) is 4.79 Å². The number of fused-ring (bicyclic) bond motifs is 1. The molecule has 1 amide bonds. The second-order valence-electron chi connectivity index (χ2n) is 5.60. The zero-order valence-electron chi connectivity index (χ0n) is 13.5. The largest absolute Gasteiger partial charge is 0.399 e. The Balaban J connectivity index is 1.77. The second kappa shape index (κ2) is 7.41. The van der Waals surface area contributed by atoms with Crippen LogP contribution in [0.5, 0.6) is 0 Å². The highest BCUT2D eigenvalue weighted by atomic mass is 32.2. The van der Waals surface area contributed by atoms with Gasteiger partial charge in [0.25, 0.3) is 0 Å². The van der Waals surface area contributed by atoms with Crippen LogP contribution >= 0.6 is 11.8 Å². The fourth-order valence-electron chi connectivity index (χ4n) is 2.58. The monoisotopic (exact) mass is 336 g/mol. The number of carbonyl (C=O) groups is 1. The molecule has 1 atom stereocenters. The zero-order valence-corrected chi connectivity index (χ0v) is 14.3. The molecule has 0 radical (unpaired) electrons. The molecule has 0 aromatic heterocycles. The molecule has 1 unspecified atom stereocenters. The minimum atomic E-state index is -0.146. The lowest BCUT2D eigenvalue weighted by atomic mass is 10.1. The summed E-state index contributed by atoms with van der Waals surface area (Å²) >= 11 is 1.56. The van der Waals surface area contributed by atoms with Crippen molar-refractivity contribution in [2.24, 2.45) is 0 Å². The number of hydrogen-bond donors (Lipinski definition) is 2. The van der Waals surface area contributed by atoms with Gasteiger partial charge < -0.3 is 11.1 Å². The van der Waals surface area contributed by atoms with Crippen molar-refractivity contribution < 1.29 is 4.79 Å². The maximum Gasteiger partial charge on any atom is 0.237 e. The third kappa shape index (κ3) is 3.71. The Hall–Kier alpha value is -2.46. The maximum atomic E-state index is 12.7. The normalized spacial score (nSPS) is 12.0. The lowest BCUT2D eigenvalue weighted by Gasteiger charge is -2.16. The van der Waals surface area contributed by atoms with Gasteiger partial charge in [-0.3, -0.25) is 4.79 Å². The van der Waals surface area contributed by atoms with Gasteiger partial charge >= 0.3 is 0 Å². The van der Waals surface area contributed by atoms with E-state index in [0.717, 1.165) is 33.5 Å². The SMILES string of the molecule is CCC(Sc1ccc(N)cc1)C(=O)Nc1cccc2ccccc12. The van der Waals surface area contributed by atoms with Crippen LogP contribution in [0.15, 0.2) is 71.6 Å². The molecule has 0 bridgehead atoms. The molecular formula is C20H20N2OS. The maximum absolute atomic E-state index is 12.7. The van der Waals surface area contributed by atoms with Crippen molar-refractivity contribution in [1.29, 1.82) is 0 Å². The first-order valence-corrected chi connectivity index (χ1v) is 8.86. The molecule has 0 heterocycles. The molecule has 3 aromatic rings. The topological polar surface area (TPSA) is 55.1 Å². The summed E-state index contributed by atoms with van der Waals surface area (Å²) < 4.78 is 0. The van der Waals surface area contributed by atoms with Gasteiger partial charge in [0.15, 0.2) is 0 Å². The van der Waals surface area contributed by atoms with Crippen LogP contribution in [0, 0.1) is 0 Å². The van der Waals surface area contributed by atoms with Crippen molar-refractivity contribution in [3.8, 4) is 0 Å². The molecule has 0 aliphatic rings. The summed E-state index contributed by atoms with van der Waals surface area (Å²) in [5.74, 6) is 0.0238. The van der Waals surface area contributed by atoms with Crippen molar-refractivity contribution in [2.45, 2.75) is 23.5 Å². The van der Waals surface area contributed by atoms with Gasteiger partial charge in [0.05, 0.1) is 5.25 Å². The molecule has 122 valence electrons. The molecule has 0 saturated heterocycles. The molecule has 4 heteroatoms. The number of nitrogens with two attached hydrogens (primary N) is 1. The Morgan fingerprint density at radius 3 is 2.50 bits per heavy atom. The number of nitrogens with one attached hydrogen (secondary N) is 1. The van der Waals surface area contributed by atoms with Crippen LogP contribution in [0.4, 0.5) is 11.4 Å². The third-order valence-electron chi connectivity index (χ3n) is 3.87. The summed E-state index contributed by atoms with van der Waals surface area (Å²) in [6.45, 7) is 2.03. The van der Waals surface area contributed by atoms with Crippen molar-refractivity contribution in [3.63, 3.8) is 0 Å². The Kier molecular flexibility index (Phi) is 5.06. The predicted molar refractivity (Wildman–Crippen MR) is 103 cm³/mol. The molecule has 24 heavy (non-hydrogen) atoms. The van der Waals surface area contributed by atoms with E-state index < -0.39 is 0 Å². The van der Waals surface area contributed by atoms with E-state index >= 15 is 0 Å². The van der Waals surface area contributed by atoms with E-state index in [-0.39, 0.29) is 11.2 Å². The van der Waals surface area contributed by atoms with Crippen LogP contribution in [0.1, 0.15) is 13.3 Å². The summed E-state index contributed by atoms with van der Waals surface area (Å²) in [4.78, 5) is 13.7. The fraction of sp³-hybridized carbons (Fsp3) is 0.150. The van der Waals surface area contributed by atoms with Gasteiger partial charge in [-0.2, -0.15) is 0 Å². The van der Waals surface area contributed by atoms with Gasteiger partial charge in [-0.1, -0.05) is 43.3 Å². The van der Waals surface area contributed by atoms with Gasteiger partial charge in [0.2, 0.25) is 5.91 Å². The minimum absolute atomic E-state index is 0.0238. The summed E-state index contributed by atoms with van der Waals surface area (Å²) in [5.41, 5.74) is 7.30. The summed E-state index contributed by atoms with van der Waals surface area (Å²) in [6.07, 6.45) is 0.756. The number of hydrogen-bond acceptors (Lipinski definition) is 3. The first-order valence-electron chi connectivity index (χ1n) is 7.98. The highest BCUT2D eigenvalue weighted by molar-refractivity contribution is 8.00. The molecule has 0 fully saturated rings. The van der Waals surface area contributed by atoms with E-state index in [1.807, 2.05) is 73.7 Å². The average Bonchev–Trinajstić information content (AvgIpc) is 2.61. The van der Waals surface area contributed by atoms with Crippen molar-refractivity contribution in [1.82, 2.24) is 0 Å². The number of nitrogen functional groups attached to an aromatic ring is 1. The van der Waals surface area contributed by atoms with Gasteiger partial charge in [0.1, 0.15) is 0 Å². The molecule has 0 spiro atoms. The lowest BCUT2D eigenvalue weighted by Crippen LogP contribution is -2.24. The van der Waals surface area contributed by atoms with Crippen LogP contribution in [-0.2, 0) is 4.79 Å². The Morgan fingerprint density at radius 2 is 1.75 bits per heavy atom. The van der Waals surface area contributed by atoms with E-state index in [2.05, 4.69) is 5.32 Å². The Morgan fingerprint density at radius 1 is 1.04 bits per heavy atom. The number of carbonyl (C=O) groups excluding carboxylic acids is 1. The van der Waals surface area contributed by atoms with Gasteiger partial charge in [-0.15, -0.1) is 11.8 Å². The van der Waals surface area contributed by atoms with E-state index in [1.54, 1.807) is 11.8 Å². The molecular weight excluding hydrogens is 316 g/mol. The second-order valence-corrected chi connectivity index (χ2v) is 6.88. The quantitative estimate of drug-likeness (QED) is 0.513. The van der Waals surface area contributed by atoms with Crippen LogP contribution < -0.4 is 11.1 Å². The lowest BCUT2D eigenvalue weighted by molar-refractivity contribution is -0.115. The first-order chi connectivity index (χ1) is 11.7. The van der Waals surface area contributed by atoms with Gasteiger partial charge in [-0.05, 0) is 42.1 Å². The van der Waals surface area contributed by atoms with Crippen LogP contribution in [-0.4, -0.2) is 11.2 Å². The molecule has 3 nitrogen and oxygen atoms in total. The van der Waals surface area contributed by atoms with Crippen molar-refractivity contribution in [3.05, 3.63) is 66.7 Å². The molecule has 3 N–H and O–H groups in total. The fourth-order valence-corrected chi connectivity index (χ4v) is 3.53. The molecule has 0 aliphatic carbocycles. The Bertz CT molecular complexity index is 840. The van der Waals surface area contributed by atoms with Crippen molar-refractivity contribution >= 4 is 39.8 Å². The van der Waals surface area contributed by atoms with E-state index in [0.29, 0.717) is 0 Å².